The molecule has 0 saturated heterocycles. The summed E-state index contributed by atoms with van der Waals surface area (Å²) in [5.74, 6) is 0.267. The Morgan fingerprint density at radius 1 is 1.29 bits per heavy atom. The van der Waals surface area contributed by atoms with E-state index in [1.807, 2.05) is 6.92 Å². The molecule has 122 valence electrons. The Hall–Kier alpha value is -0.610. The molecule has 0 aromatic heterocycles. The Kier molecular flexibility index (Phi) is 6.06. The van der Waals surface area contributed by atoms with E-state index in [1.165, 1.54) is 19.3 Å². The monoisotopic (exact) mass is 297 g/mol. The Bertz CT molecular complexity index is 341. The summed E-state index contributed by atoms with van der Waals surface area (Å²) in [7, 11) is 0. The smallest absolute Gasteiger partial charge is 0.326 e. The number of rotatable bonds is 8. The van der Waals surface area contributed by atoms with Crippen LogP contribution in [0.15, 0.2) is 0 Å². The third-order valence-corrected chi connectivity index (χ3v) is 4.88. The average molecular weight is 297 g/mol. The molecular weight excluding hydrogens is 266 g/mol. The zero-order valence-corrected chi connectivity index (χ0v) is 13.8. The highest BCUT2D eigenvalue weighted by Crippen LogP contribution is 2.39. The second-order valence-corrected chi connectivity index (χ2v) is 6.79. The van der Waals surface area contributed by atoms with Crippen molar-refractivity contribution in [3.05, 3.63) is 0 Å². The third kappa shape index (κ3) is 3.98. The number of hydrogen-bond donors (Lipinski definition) is 1. The lowest BCUT2D eigenvalue weighted by Gasteiger charge is -2.36. The summed E-state index contributed by atoms with van der Waals surface area (Å²) in [5.41, 5.74) is -0.493. The lowest BCUT2D eigenvalue weighted by Crippen LogP contribution is -2.58. The predicted octanol–water partition coefficient (Wildman–Crippen LogP) is 3.05. The average Bonchev–Trinajstić information content (AvgIpc) is 2.76. The standard InChI is InChI=1S/C17H31NO3/c1-4-20-16(19)17(18-13(2)3)11-6-7-14(17)10-12-21-15-8-5-9-15/h13-15,18H,4-12H2,1-3H3. The first kappa shape index (κ1) is 16.8. The molecule has 4 heteroatoms. The Labute approximate surface area is 129 Å². The molecule has 0 bridgehead atoms. The van der Waals surface area contributed by atoms with Crippen LogP contribution in [-0.4, -0.2) is 36.9 Å². The maximum atomic E-state index is 12.6. The Morgan fingerprint density at radius 3 is 2.62 bits per heavy atom. The van der Waals surface area contributed by atoms with Gasteiger partial charge in [-0.15, -0.1) is 0 Å². The van der Waals surface area contributed by atoms with Crippen molar-refractivity contribution >= 4 is 5.97 Å². The number of ether oxygens (including phenoxy) is 2. The van der Waals surface area contributed by atoms with Crippen LogP contribution in [-0.2, 0) is 14.3 Å². The molecule has 2 rings (SSSR count). The van der Waals surface area contributed by atoms with Gasteiger partial charge in [0.05, 0.1) is 12.7 Å². The zero-order valence-electron chi connectivity index (χ0n) is 13.8. The third-order valence-electron chi connectivity index (χ3n) is 4.88. The Morgan fingerprint density at radius 2 is 2.05 bits per heavy atom. The van der Waals surface area contributed by atoms with Crippen LogP contribution in [0.5, 0.6) is 0 Å². The molecule has 2 unspecified atom stereocenters. The molecule has 0 aliphatic heterocycles. The fraction of sp³-hybridized carbons (Fsp3) is 0.941. The summed E-state index contributed by atoms with van der Waals surface area (Å²) in [6.07, 6.45) is 8.21. The van der Waals surface area contributed by atoms with Crippen molar-refractivity contribution in [2.75, 3.05) is 13.2 Å². The van der Waals surface area contributed by atoms with Crippen molar-refractivity contribution in [1.82, 2.24) is 5.32 Å². The molecule has 2 atom stereocenters. The van der Waals surface area contributed by atoms with E-state index in [0.717, 1.165) is 32.3 Å². The quantitative estimate of drug-likeness (QED) is 0.700. The second-order valence-electron chi connectivity index (χ2n) is 6.79. The van der Waals surface area contributed by atoms with E-state index in [4.69, 9.17) is 9.47 Å². The lowest BCUT2D eigenvalue weighted by atomic mass is 9.84. The van der Waals surface area contributed by atoms with E-state index in [-0.39, 0.29) is 12.0 Å². The van der Waals surface area contributed by atoms with Crippen LogP contribution in [0.1, 0.15) is 65.7 Å². The molecule has 21 heavy (non-hydrogen) atoms. The molecule has 0 aromatic carbocycles. The van der Waals surface area contributed by atoms with Gasteiger partial charge in [0.2, 0.25) is 0 Å². The summed E-state index contributed by atoms with van der Waals surface area (Å²) in [6.45, 7) is 7.30. The molecular formula is C17H31NO3. The van der Waals surface area contributed by atoms with Crippen molar-refractivity contribution < 1.29 is 14.3 Å². The van der Waals surface area contributed by atoms with E-state index >= 15 is 0 Å². The van der Waals surface area contributed by atoms with Crippen LogP contribution in [0.3, 0.4) is 0 Å². The number of hydrogen-bond acceptors (Lipinski definition) is 4. The van der Waals surface area contributed by atoms with Crippen LogP contribution in [0.4, 0.5) is 0 Å². The molecule has 4 nitrogen and oxygen atoms in total. The van der Waals surface area contributed by atoms with Gasteiger partial charge in [0, 0.05) is 12.6 Å². The minimum atomic E-state index is -0.493. The number of nitrogens with one attached hydrogen (secondary N) is 1. The van der Waals surface area contributed by atoms with E-state index < -0.39 is 5.54 Å². The van der Waals surface area contributed by atoms with E-state index in [9.17, 15) is 4.79 Å². The molecule has 2 saturated carbocycles. The lowest BCUT2D eigenvalue weighted by molar-refractivity contribution is -0.154. The van der Waals surface area contributed by atoms with Gasteiger partial charge in [-0.25, -0.2) is 0 Å². The fourth-order valence-corrected chi connectivity index (χ4v) is 3.68. The molecule has 2 fully saturated rings. The maximum Gasteiger partial charge on any atom is 0.326 e. The highest BCUT2D eigenvalue weighted by atomic mass is 16.5. The molecule has 0 aromatic rings. The van der Waals surface area contributed by atoms with Crippen LogP contribution in [0, 0.1) is 5.92 Å². The van der Waals surface area contributed by atoms with Gasteiger partial charge >= 0.3 is 5.97 Å². The van der Waals surface area contributed by atoms with Crippen molar-refractivity contribution in [2.24, 2.45) is 5.92 Å². The van der Waals surface area contributed by atoms with Gasteiger partial charge in [-0.3, -0.25) is 10.1 Å². The van der Waals surface area contributed by atoms with Crippen molar-refractivity contribution in [1.29, 1.82) is 0 Å². The zero-order chi connectivity index (χ0) is 15.3. The van der Waals surface area contributed by atoms with Crippen molar-refractivity contribution in [3.63, 3.8) is 0 Å². The molecule has 0 radical (unpaired) electrons. The Balaban J connectivity index is 1.95. The second kappa shape index (κ2) is 7.59. The summed E-state index contributed by atoms with van der Waals surface area (Å²) >= 11 is 0. The first-order valence-corrected chi connectivity index (χ1v) is 8.65. The van der Waals surface area contributed by atoms with Gasteiger partial charge in [0.1, 0.15) is 5.54 Å². The van der Waals surface area contributed by atoms with Crippen LogP contribution < -0.4 is 5.32 Å². The first-order valence-electron chi connectivity index (χ1n) is 8.65. The maximum absolute atomic E-state index is 12.6. The summed E-state index contributed by atoms with van der Waals surface area (Å²) in [4.78, 5) is 12.6. The van der Waals surface area contributed by atoms with Crippen LogP contribution >= 0.6 is 0 Å². The van der Waals surface area contributed by atoms with Gasteiger partial charge in [-0.2, -0.15) is 0 Å². The molecule has 0 spiro atoms. The highest BCUT2D eigenvalue weighted by molar-refractivity contribution is 5.82. The molecule has 2 aliphatic carbocycles. The van der Waals surface area contributed by atoms with Gasteiger partial charge < -0.3 is 9.47 Å². The largest absolute Gasteiger partial charge is 0.465 e. The minimum absolute atomic E-state index is 0.0650. The van der Waals surface area contributed by atoms with Gasteiger partial charge in [-0.05, 0) is 65.2 Å². The number of esters is 1. The van der Waals surface area contributed by atoms with E-state index in [0.29, 0.717) is 18.6 Å². The topological polar surface area (TPSA) is 47.6 Å². The summed E-state index contributed by atoms with van der Waals surface area (Å²) < 4.78 is 11.3. The normalized spacial score (nSPS) is 29.6. The van der Waals surface area contributed by atoms with Gasteiger partial charge in [0.15, 0.2) is 0 Å². The predicted molar refractivity (Wildman–Crippen MR) is 83.2 cm³/mol. The molecule has 0 amide bonds. The van der Waals surface area contributed by atoms with E-state index in [2.05, 4.69) is 19.2 Å². The van der Waals surface area contributed by atoms with Gasteiger partial charge in [-0.1, -0.05) is 6.42 Å². The SMILES string of the molecule is CCOC(=O)C1(NC(C)C)CCCC1CCOC1CCC1. The van der Waals surface area contributed by atoms with Gasteiger partial charge in [0.25, 0.3) is 0 Å². The number of carbonyl (C=O) groups excluding carboxylic acids is 1. The molecule has 1 N–H and O–H groups in total. The van der Waals surface area contributed by atoms with Crippen LogP contribution in [0.2, 0.25) is 0 Å². The first-order chi connectivity index (χ1) is 10.1. The van der Waals surface area contributed by atoms with Crippen molar-refractivity contribution in [3.8, 4) is 0 Å². The fourth-order valence-electron chi connectivity index (χ4n) is 3.68. The molecule has 0 heterocycles. The summed E-state index contributed by atoms with van der Waals surface area (Å²) in [6, 6.07) is 0.280. The van der Waals surface area contributed by atoms with Crippen LogP contribution in [0.25, 0.3) is 0 Å². The van der Waals surface area contributed by atoms with E-state index in [1.54, 1.807) is 0 Å². The minimum Gasteiger partial charge on any atom is -0.465 e. The number of carbonyl (C=O) groups is 1. The highest BCUT2D eigenvalue weighted by Gasteiger charge is 2.50. The summed E-state index contributed by atoms with van der Waals surface area (Å²) in [5, 5.41) is 3.53. The van der Waals surface area contributed by atoms with Crippen molar-refractivity contribution in [2.45, 2.75) is 83.4 Å². The molecule has 2 aliphatic rings.